The molecule has 0 unspecified atom stereocenters. The van der Waals surface area contributed by atoms with Crippen molar-refractivity contribution in [2.75, 3.05) is 6.61 Å². The van der Waals surface area contributed by atoms with Crippen molar-refractivity contribution in [2.24, 2.45) is 0 Å². The number of carbonyl (C=O) groups is 1. The summed E-state index contributed by atoms with van der Waals surface area (Å²) in [5.74, 6) is 0. The number of hydrogen-bond acceptors (Lipinski definition) is 4. The van der Waals surface area contributed by atoms with Gasteiger partial charge in [-0.05, 0) is 30.7 Å². The molecule has 1 aromatic rings. The highest BCUT2D eigenvalue weighted by atomic mass is 35.5. The maximum Gasteiger partial charge on any atom is 0.421 e. The minimum absolute atomic E-state index is 0.0460. The van der Waals surface area contributed by atoms with E-state index in [4.69, 9.17) is 11.6 Å². The van der Waals surface area contributed by atoms with Gasteiger partial charge >= 0.3 is 6.09 Å². The fraction of sp³-hybridized carbons (Fsp3) is 0.300. The number of nitrogens with one attached hydrogen (secondary N) is 1. The molecule has 17 heavy (non-hydrogen) atoms. The second-order valence-corrected chi connectivity index (χ2v) is 5.31. The van der Waals surface area contributed by atoms with E-state index in [2.05, 4.69) is 4.74 Å². The van der Waals surface area contributed by atoms with E-state index in [1.54, 1.807) is 11.6 Å². The Morgan fingerprint density at radius 2 is 1.94 bits per heavy atom. The molecule has 7 heteroatoms. The van der Waals surface area contributed by atoms with Gasteiger partial charge in [0.05, 0.1) is 11.5 Å². The first kappa shape index (κ1) is 13.8. The zero-order chi connectivity index (χ0) is 12.9. The lowest BCUT2D eigenvalue weighted by Crippen LogP contribution is -2.31. The van der Waals surface area contributed by atoms with E-state index in [0.717, 1.165) is 0 Å². The lowest BCUT2D eigenvalue weighted by atomic mass is 10.4. The van der Waals surface area contributed by atoms with Crippen molar-refractivity contribution in [2.45, 2.75) is 18.2 Å². The summed E-state index contributed by atoms with van der Waals surface area (Å²) in [4.78, 5) is 11.1. The highest BCUT2D eigenvalue weighted by Gasteiger charge is 2.17. The Labute approximate surface area is 105 Å². The Bertz CT molecular complexity index is 484. The second kappa shape index (κ2) is 5.88. The van der Waals surface area contributed by atoms with E-state index >= 15 is 0 Å². The predicted molar refractivity (Wildman–Crippen MR) is 63.4 cm³/mol. The number of carbonyl (C=O) groups excluding carboxylic acids is 1. The Kier molecular flexibility index (Phi) is 4.77. The van der Waals surface area contributed by atoms with E-state index in [1.807, 2.05) is 0 Å². The van der Waals surface area contributed by atoms with Crippen molar-refractivity contribution < 1.29 is 17.9 Å². The van der Waals surface area contributed by atoms with Crippen molar-refractivity contribution in [1.82, 2.24) is 4.72 Å². The lowest BCUT2D eigenvalue weighted by molar-refractivity contribution is 0.152. The smallest absolute Gasteiger partial charge is 0.421 e. The Hall–Kier alpha value is -1.27. The van der Waals surface area contributed by atoms with Gasteiger partial charge in [0.2, 0.25) is 0 Å². The van der Waals surface area contributed by atoms with Gasteiger partial charge in [-0.3, -0.25) is 0 Å². The number of sulfonamides is 1. The average molecular weight is 278 g/mol. The SMILES string of the molecule is CCCOC(=O)NS(=O)(=O)c1ccc(Cl)cc1. The molecule has 1 amide bonds. The van der Waals surface area contributed by atoms with E-state index in [1.165, 1.54) is 24.3 Å². The fourth-order valence-corrected chi connectivity index (χ4v) is 2.02. The number of benzene rings is 1. The molecule has 0 aliphatic rings. The molecule has 0 spiro atoms. The number of rotatable bonds is 4. The predicted octanol–water partition coefficient (Wildman–Crippen LogP) is 2.16. The van der Waals surface area contributed by atoms with Gasteiger partial charge in [0.25, 0.3) is 10.0 Å². The average Bonchev–Trinajstić information content (AvgIpc) is 2.26. The minimum atomic E-state index is -3.89. The van der Waals surface area contributed by atoms with Crippen molar-refractivity contribution in [3.63, 3.8) is 0 Å². The van der Waals surface area contributed by atoms with Gasteiger partial charge in [-0.25, -0.2) is 17.9 Å². The fourth-order valence-electron chi connectivity index (χ4n) is 1.01. The van der Waals surface area contributed by atoms with Crippen LogP contribution in [0.3, 0.4) is 0 Å². The minimum Gasteiger partial charge on any atom is -0.449 e. The first-order valence-corrected chi connectivity index (χ1v) is 6.77. The highest BCUT2D eigenvalue weighted by molar-refractivity contribution is 7.90. The van der Waals surface area contributed by atoms with Crippen LogP contribution >= 0.6 is 11.6 Å². The second-order valence-electron chi connectivity index (χ2n) is 3.20. The van der Waals surface area contributed by atoms with E-state index in [0.29, 0.717) is 11.4 Å². The third-order valence-corrected chi connectivity index (χ3v) is 3.36. The van der Waals surface area contributed by atoms with Crippen LogP contribution in [0.1, 0.15) is 13.3 Å². The van der Waals surface area contributed by atoms with Crippen molar-refractivity contribution in [3.8, 4) is 0 Å². The molecule has 1 aromatic carbocycles. The number of hydrogen-bond donors (Lipinski definition) is 1. The Morgan fingerprint density at radius 1 is 1.35 bits per heavy atom. The van der Waals surface area contributed by atoms with Crippen LogP contribution in [0.2, 0.25) is 5.02 Å². The molecule has 0 aromatic heterocycles. The highest BCUT2D eigenvalue weighted by Crippen LogP contribution is 2.13. The molecule has 0 bridgehead atoms. The molecule has 1 rings (SSSR count). The van der Waals surface area contributed by atoms with Crippen molar-refractivity contribution in [3.05, 3.63) is 29.3 Å². The molecular formula is C10H12ClNO4S. The molecule has 0 heterocycles. The molecule has 0 saturated carbocycles. The third kappa shape index (κ3) is 4.24. The van der Waals surface area contributed by atoms with Gasteiger partial charge < -0.3 is 4.74 Å². The quantitative estimate of drug-likeness (QED) is 0.915. The number of amides is 1. The lowest BCUT2D eigenvalue weighted by Gasteiger charge is -2.07. The van der Waals surface area contributed by atoms with E-state index < -0.39 is 16.1 Å². The van der Waals surface area contributed by atoms with E-state index in [-0.39, 0.29) is 11.5 Å². The maximum atomic E-state index is 11.7. The van der Waals surface area contributed by atoms with Crippen LogP contribution < -0.4 is 4.72 Å². The zero-order valence-electron chi connectivity index (χ0n) is 9.14. The van der Waals surface area contributed by atoms with Gasteiger partial charge in [0.15, 0.2) is 0 Å². The monoisotopic (exact) mass is 277 g/mol. The number of ether oxygens (including phenoxy) is 1. The molecule has 5 nitrogen and oxygen atoms in total. The van der Waals surface area contributed by atoms with E-state index in [9.17, 15) is 13.2 Å². The molecule has 0 aliphatic carbocycles. The summed E-state index contributed by atoms with van der Waals surface area (Å²) in [7, 11) is -3.89. The Balaban J connectivity index is 2.75. The Morgan fingerprint density at radius 3 is 2.47 bits per heavy atom. The van der Waals surface area contributed by atoms with Crippen molar-refractivity contribution >= 4 is 27.7 Å². The van der Waals surface area contributed by atoms with Gasteiger partial charge in [0, 0.05) is 5.02 Å². The standard InChI is InChI=1S/C10H12ClNO4S/c1-2-7-16-10(13)12-17(14,15)9-5-3-8(11)4-6-9/h3-6H,2,7H2,1H3,(H,12,13). The van der Waals surface area contributed by atoms with Gasteiger partial charge in [-0.1, -0.05) is 18.5 Å². The normalized spacial score (nSPS) is 10.9. The maximum absolute atomic E-state index is 11.7. The van der Waals surface area contributed by atoms with Crippen LogP contribution in [0, 0.1) is 0 Å². The van der Waals surface area contributed by atoms with Crippen LogP contribution in [0.15, 0.2) is 29.2 Å². The summed E-state index contributed by atoms with van der Waals surface area (Å²) in [6.07, 6.45) is -0.365. The van der Waals surface area contributed by atoms with Gasteiger partial charge in [-0.15, -0.1) is 0 Å². The van der Waals surface area contributed by atoms with Crippen molar-refractivity contribution in [1.29, 1.82) is 0 Å². The molecule has 1 N–H and O–H groups in total. The van der Waals surface area contributed by atoms with Gasteiger partial charge in [-0.2, -0.15) is 0 Å². The third-order valence-electron chi connectivity index (χ3n) is 1.78. The topological polar surface area (TPSA) is 72.5 Å². The zero-order valence-corrected chi connectivity index (χ0v) is 10.7. The van der Waals surface area contributed by atoms with Crippen LogP contribution in [-0.2, 0) is 14.8 Å². The molecule has 94 valence electrons. The first-order valence-electron chi connectivity index (χ1n) is 4.91. The summed E-state index contributed by atoms with van der Waals surface area (Å²) < 4.78 is 29.7. The summed E-state index contributed by atoms with van der Waals surface area (Å²) in [5, 5.41) is 0.414. The van der Waals surface area contributed by atoms with Crippen LogP contribution in [0.5, 0.6) is 0 Å². The first-order chi connectivity index (χ1) is 7.95. The molecule has 0 atom stereocenters. The summed E-state index contributed by atoms with van der Waals surface area (Å²) in [6.45, 7) is 1.98. The summed E-state index contributed by atoms with van der Waals surface area (Å²) >= 11 is 5.63. The molecule has 0 fully saturated rings. The van der Waals surface area contributed by atoms with Gasteiger partial charge in [0.1, 0.15) is 0 Å². The van der Waals surface area contributed by atoms with Crippen LogP contribution in [0.25, 0.3) is 0 Å². The van der Waals surface area contributed by atoms with Crippen LogP contribution in [-0.4, -0.2) is 21.1 Å². The molecular weight excluding hydrogens is 266 g/mol. The summed E-state index contributed by atoms with van der Waals surface area (Å²) in [5.41, 5.74) is 0. The molecule has 0 saturated heterocycles. The summed E-state index contributed by atoms with van der Waals surface area (Å²) in [6, 6.07) is 5.45. The molecule has 0 radical (unpaired) electrons. The van der Waals surface area contributed by atoms with Crippen LogP contribution in [0.4, 0.5) is 4.79 Å². The number of halogens is 1. The molecule has 0 aliphatic heterocycles. The largest absolute Gasteiger partial charge is 0.449 e.